The van der Waals surface area contributed by atoms with Crippen molar-refractivity contribution >= 4 is 19.2 Å². The van der Waals surface area contributed by atoms with E-state index in [9.17, 15) is 17.7 Å². The summed E-state index contributed by atoms with van der Waals surface area (Å²) in [7, 11) is -4.55. The van der Waals surface area contributed by atoms with Crippen LogP contribution in [0.2, 0.25) is 0 Å². The minimum atomic E-state index is -4.55. The minimum Gasteiger partial charge on any atom is -0.493 e. The summed E-state index contributed by atoms with van der Waals surface area (Å²) in [5.41, 5.74) is 4.40. The van der Waals surface area contributed by atoms with Crippen LogP contribution >= 0.6 is 19.2 Å². The van der Waals surface area contributed by atoms with E-state index in [1.165, 1.54) is 23.5 Å². The standard InChI is InChI=1S/C20H23F3NO5PS/c1-19(24,14-29-30(25,26)27)12-11-18-10-9-17(31-18)4-2-3-13-28-16-7-5-15(6-8-16)20(21,22)23/h5-10H,3,11-14,24H2,1H3,(H2,25,26,27). The molecule has 0 saturated heterocycles. The van der Waals surface area contributed by atoms with Crippen LogP contribution in [-0.4, -0.2) is 28.5 Å². The lowest BCUT2D eigenvalue weighted by Crippen LogP contribution is -2.41. The summed E-state index contributed by atoms with van der Waals surface area (Å²) in [6.07, 6.45) is -2.87. The predicted octanol–water partition coefficient (Wildman–Crippen LogP) is 4.35. The van der Waals surface area contributed by atoms with Crippen molar-refractivity contribution in [1.82, 2.24) is 0 Å². The number of phosphoric ester groups is 1. The third-order valence-corrected chi connectivity index (χ3v) is 5.58. The lowest BCUT2D eigenvalue weighted by molar-refractivity contribution is -0.137. The molecule has 0 bridgehead atoms. The first-order valence-electron chi connectivity index (χ1n) is 9.21. The molecule has 0 spiro atoms. The molecule has 170 valence electrons. The summed E-state index contributed by atoms with van der Waals surface area (Å²) in [6, 6.07) is 8.27. The SMILES string of the molecule is CC(N)(CCc1ccc(C#CCCOc2ccc(C(F)(F)F)cc2)s1)COP(=O)(O)O. The second kappa shape index (κ2) is 10.6. The Kier molecular flexibility index (Phi) is 8.72. The number of rotatable bonds is 9. The van der Waals surface area contributed by atoms with Gasteiger partial charge in [-0.15, -0.1) is 11.3 Å². The molecule has 0 amide bonds. The summed E-state index contributed by atoms with van der Waals surface area (Å²) in [6.45, 7) is 1.66. The van der Waals surface area contributed by atoms with Gasteiger partial charge in [-0.1, -0.05) is 11.8 Å². The monoisotopic (exact) mass is 477 g/mol. The van der Waals surface area contributed by atoms with E-state index in [2.05, 4.69) is 16.4 Å². The maximum Gasteiger partial charge on any atom is 0.469 e. The van der Waals surface area contributed by atoms with E-state index in [1.807, 2.05) is 12.1 Å². The van der Waals surface area contributed by atoms with Crippen molar-refractivity contribution in [1.29, 1.82) is 0 Å². The Labute approximate surface area is 182 Å². The molecule has 31 heavy (non-hydrogen) atoms. The van der Waals surface area contributed by atoms with Gasteiger partial charge in [-0.2, -0.15) is 13.2 Å². The normalized spacial score (nSPS) is 13.9. The molecule has 0 radical (unpaired) electrons. The van der Waals surface area contributed by atoms with Gasteiger partial charge in [-0.25, -0.2) is 4.57 Å². The molecule has 1 aromatic heterocycles. The fourth-order valence-electron chi connectivity index (χ4n) is 2.40. The zero-order valence-electron chi connectivity index (χ0n) is 16.7. The molecule has 0 aliphatic carbocycles. The van der Waals surface area contributed by atoms with Crippen molar-refractivity contribution in [3.8, 4) is 17.6 Å². The lowest BCUT2D eigenvalue weighted by atomic mass is 9.98. The van der Waals surface area contributed by atoms with Crippen LogP contribution in [0.5, 0.6) is 5.75 Å². The number of benzene rings is 1. The van der Waals surface area contributed by atoms with Gasteiger partial charge in [0.05, 0.1) is 23.7 Å². The van der Waals surface area contributed by atoms with Gasteiger partial charge in [0.1, 0.15) is 5.75 Å². The Hall–Kier alpha value is -1.86. The highest BCUT2D eigenvalue weighted by molar-refractivity contribution is 7.46. The van der Waals surface area contributed by atoms with Gasteiger partial charge in [0.15, 0.2) is 0 Å². The molecule has 1 heterocycles. The van der Waals surface area contributed by atoms with Gasteiger partial charge in [0.25, 0.3) is 0 Å². The van der Waals surface area contributed by atoms with Gasteiger partial charge in [0.2, 0.25) is 0 Å². The Balaban J connectivity index is 1.75. The van der Waals surface area contributed by atoms with E-state index in [1.54, 1.807) is 6.92 Å². The number of hydrogen-bond donors (Lipinski definition) is 3. The van der Waals surface area contributed by atoms with Crippen LogP contribution in [0.4, 0.5) is 13.2 Å². The Bertz CT molecular complexity index is 958. The number of ether oxygens (including phenoxy) is 1. The Morgan fingerprint density at radius 2 is 1.84 bits per heavy atom. The van der Waals surface area contributed by atoms with Crippen LogP contribution in [0.25, 0.3) is 0 Å². The lowest BCUT2D eigenvalue weighted by Gasteiger charge is -2.24. The molecule has 0 saturated carbocycles. The van der Waals surface area contributed by atoms with Crippen molar-refractivity contribution in [3.05, 3.63) is 51.7 Å². The zero-order chi connectivity index (χ0) is 23.1. The molecule has 2 aromatic rings. The number of alkyl halides is 3. The smallest absolute Gasteiger partial charge is 0.469 e. The zero-order valence-corrected chi connectivity index (χ0v) is 18.4. The number of nitrogens with two attached hydrogens (primary N) is 1. The number of hydrogen-bond acceptors (Lipinski definition) is 5. The highest BCUT2D eigenvalue weighted by Crippen LogP contribution is 2.37. The highest BCUT2D eigenvalue weighted by Gasteiger charge is 2.30. The number of phosphoric acid groups is 1. The molecular formula is C20H23F3NO5PS. The number of aryl methyl sites for hydroxylation is 1. The summed E-state index contributed by atoms with van der Waals surface area (Å²) in [5, 5.41) is 0. The van der Waals surface area contributed by atoms with Gasteiger partial charge < -0.3 is 20.3 Å². The van der Waals surface area contributed by atoms with Gasteiger partial charge in [-0.05, 0) is 56.2 Å². The van der Waals surface area contributed by atoms with Crippen molar-refractivity contribution in [3.63, 3.8) is 0 Å². The molecule has 1 unspecified atom stereocenters. The average molecular weight is 477 g/mol. The summed E-state index contributed by atoms with van der Waals surface area (Å²) >= 11 is 1.48. The molecule has 1 atom stereocenters. The summed E-state index contributed by atoms with van der Waals surface area (Å²) in [4.78, 5) is 19.4. The first-order chi connectivity index (χ1) is 14.3. The van der Waals surface area contributed by atoms with Crippen LogP contribution in [-0.2, 0) is 21.7 Å². The summed E-state index contributed by atoms with van der Waals surface area (Å²) < 4.78 is 58.2. The molecule has 0 fully saturated rings. The largest absolute Gasteiger partial charge is 0.493 e. The van der Waals surface area contributed by atoms with Crippen LogP contribution in [0.15, 0.2) is 36.4 Å². The molecule has 2 rings (SSSR count). The Morgan fingerprint density at radius 1 is 1.16 bits per heavy atom. The number of halogens is 3. The minimum absolute atomic E-state index is 0.252. The van der Waals surface area contributed by atoms with E-state index in [0.717, 1.165) is 21.9 Å². The van der Waals surface area contributed by atoms with Crippen molar-refractivity contribution in [2.75, 3.05) is 13.2 Å². The van der Waals surface area contributed by atoms with E-state index in [4.69, 9.17) is 20.3 Å². The van der Waals surface area contributed by atoms with E-state index >= 15 is 0 Å². The quantitative estimate of drug-likeness (QED) is 0.282. The highest BCUT2D eigenvalue weighted by atomic mass is 32.1. The average Bonchev–Trinajstić information content (AvgIpc) is 3.12. The number of thiophene rings is 1. The molecule has 4 N–H and O–H groups in total. The fraction of sp³-hybridized carbons (Fsp3) is 0.400. The second-order valence-corrected chi connectivity index (χ2v) is 9.51. The van der Waals surface area contributed by atoms with E-state index in [-0.39, 0.29) is 13.2 Å². The van der Waals surface area contributed by atoms with E-state index in [0.29, 0.717) is 25.0 Å². The molecule has 1 aromatic carbocycles. The third-order valence-electron chi connectivity index (χ3n) is 4.06. The van der Waals surface area contributed by atoms with Crippen molar-refractivity contribution in [2.45, 2.75) is 37.9 Å². The predicted molar refractivity (Wildman–Crippen MR) is 112 cm³/mol. The third kappa shape index (κ3) is 9.87. The van der Waals surface area contributed by atoms with Crippen molar-refractivity contribution < 1.29 is 36.8 Å². The van der Waals surface area contributed by atoms with E-state index < -0.39 is 25.1 Å². The Morgan fingerprint density at radius 3 is 2.45 bits per heavy atom. The molecule has 6 nitrogen and oxygen atoms in total. The van der Waals surface area contributed by atoms with Gasteiger partial charge >= 0.3 is 14.0 Å². The molecule has 0 aliphatic rings. The van der Waals surface area contributed by atoms with Gasteiger partial charge in [-0.3, -0.25) is 4.52 Å². The maximum absolute atomic E-state index is 12.5. The first kappa shape index (κ1) is 25.4. The van der Waals surface area contributed by atoms with Crippen LogP contribution in [0.3, 0.4) is 0 Å². The van der Waals surface area contributed by atoms with Crippen LogP contribution < -0.4 is 10.5 Å². The van der Waals surface area contributed by atoms with Crippen LogP contribution in [0.1, 0.15) is 35.1 Å². The van der Waals surface area contributed by atoms with Crippen molar-refractivity contribution in [2.24, 2.45) is 5.73 Å². The molecule has 11 heteroatoms. The topological polar surface area (TPSA) is 102 Å². The molecule has 0 aliphatic heterocycles. The summed E-state index contributed by atoms with van der Waals surface area (Å²) in [5.74, 6) is 6.31. The molecular weight excluding hydrogens is 454 g/mol. The van der Waals surface area contributed by atoms with Gasteiger partial charge in [0, 0.05) is 16.8 Å². The second-order valence-electron chi connectivity index (χ2n) is 7.11. The fourth-order valence-corrected chi connectivity index (χ4v) is 3.75. The first-order valence-corrected chi connectivity index (χ1v) is 11.6. The maximum atomic E-state index is 12.5. The van der Waals surface area contributed by atoms with Crippen LogP contribution in [0, 0.1) is 11.8 Å².